The van der Waals surface area contributed by atoms with E-state index in [1.165, 1.54) is 0 Å². The predicted octanol–water partition coefficient (Wildman–Crippen LogP) is 2.99. The highest BCUT2D eigenvalue weighted by molar-refractivity contribution is 6.54. The van der Waals surface area contributed by atoms with Gasteiger partial charge in [-0.3, -0.25) is 0 Å². The van der Waals surface area contributed by atoms with E-state index in [0.717, 1.165) is 0 Å². The molecule has 17 nitrogen and oxygen atoms in total. The highest BCUT2D eigenvalue weighted by Crippen LogP contribution is 2.62. The van der Waals surface area contributed by atoms with Gasteiger partial charge in [0.05, 0.1) is 91.0 Å². The van der Waals surface area contributed by atoms with E-state index in [9.17, 15) is 0 Å². The fourth-order valence-corrected chi connectivity index (χ4v) is 8.92. The number of aryl methyl sites for hydroxylation is 1. The Labute approximate surface area is 292 Å². The van der Waals surface area contributed by atoms with Crippen molar-refractivity contribution < 1.29 is 0 Å². The van der Waals surface area contributed by atoms with Gasteiger partial charge in [0, 0.05) is 86.5 Å². The molecule has 0 aliphatic heterocycles. The molecule has 0 heterocycles. The minimum atomic E-state index is 0.0686. The molecule has 9 aromatic rings. The molecule has 52 heavy (non-hydrogen) atoms. The van der Waals surface area contributed by atoms with Crippen molar-refractivity contribution in [3.05, 3.63) is 5.56 Å². The quantitative estimate of drug-likeness (QED) is 0.0615. The normalized spacial score (nSPS) is 12.5. The standard InChI is InChI=1S/C35H37N17/c1-2-3-4-7(22(39)18-6(3)25(42)32(49)35(52)30(18)47)12-13(9(4)24(41)19(2)36)23(40)17-16(20(12)37)11-5-8(21(17)38)14-15(10(5)26(43)31(48)27(11)44)29(46)34(51)33(50)28(14)45/h36-52H2,1H3. The molecule has 0 fully saturated rings. The van der Waals surface area contributed by atoms with E-state index in [0.29, 0.717) is 91.7 Å². The number of nitrogen functional groups attached to an aromatic ring is 17. The zero-order valence-corrected chi connectivity index (χ0v) is 27.8. The van der Waals surface area contributed by atoms with E-state index in [-0.39, 0.29) is 96.7 Å². The fraction of sp³-hybridized carbons (Fsp3) is 0.0286. The Morgan fingerprint density at radius 1 is 0.154 bits per heavy atom. The second kappa shape index (κ2) is 8.66. The van der Waals surface area contributed by atoms with Crippen LogP contribution in [0, 0.1) is 6.92 Å². The van der Waals surface area contributed by atoms with E-state index >= 15 is 0 Å². The average molecular weight is 696 g/mol. The Morgan fingerprint density at radius 3 is 0.712 bits per heavy atom. The van der Waals surface area contributed by atoms with Crippen LogP contribution in [0.25, 0.3) is 86.2 Å². The van der Waals surface area contributed by atoms with Gasteiger partial charge in [-0.15, -0.1) is 0 Å². The molecular weight excluding hydrogens is 659 g/mol. The van der Waals surface area contributed by atoms with Crippen LogP contribution < -0.4 is 97.5 Å². The van der Waals surface area contributed by atoms with Gasteiger partial charge < -0.3 is 97.5 Å². The minimum Gasteiger partial charge on any atom is -0.398 e. The van der Waals surface area contributed by atoms with Crippen LogP contribution in [0.5, 0.6) is 0 Å². The number of rotatable bonds is 0. The molecule has 0 aliphatic carbocycles. The maximum Gasteiger partial charge on any atom is 0.0810 e. The zero-order chi connectivity index (χ0) is 37.6. The van der Waals surface area contributed by atoms with Crippen molar-refractivity contribution in [1.29, 1.82) is 0 Å². The Morgan fingerprint density at radius 2 is 0.327 bits per heavy atom. The lowest BCUT2D eigenvalue weighted by molar-refractivity contribution is 1.55. The Balaban J connectivity index is 1.72. The molecule has 0 spiro atoms. The summed E-state index contributed by atoms with van der Waals surface area (Å²) in [6, 6.07) is 0. The molecule has 0 atom stereocenters. The molecule has 262 valence electrons. The highest BCUT2D eigenvalue weighted by Gasteiger charge is 2.33. The molecule has 0 amide bonds. The van der Waals surface area contributed by atoms with Crippen molar-refractivity contribution >= 4 is 183 Å². The summed E-state index contributed by atoms with van der Waals surface area (Å²) in [5.74, 6) is 0. The average Bonchev–Trinajstić information content (AvgIpc) is 3.66. The SMILES string of the molecule is Cc1c(N)c(N)c2c3c(N)c4c(N)c5c6c(N)c(N)c(N)c(N)c6c6c(N)c(N)c(N)c(c4c(N)c3c3c(N)c4c(N)c(N)c(N)c(N)c4c1c23)c65. The third-order valence-corrected chi connectivity index (χ3v) is 11.4. The maximum absolute atomic E-state index is 7.32. The molecule has 0 saturated carbocycles. The molecule has 34 N–H and O–H groups in total. The highest BCUT2D eigenvalue weighted by atomic mass is 14.8. The van der Waals surface area contributed by atoms with E-state index in [4.69, 9.17) is 97.5 Å². The van der Waals surface area contributed by atoms with Crippen LogP contribution in [0.2, 0.25) is 0 Å². The first-order chi connectivity index (χ1) is 24.4. The Kier molecular flexibility index (Phi) is 5.04. The molecule has 17 heteroatoms. The first-order valence-corrected chi connectivity index (χ1v) is 15.9. The summed E-state index contributed by atoms with van der Waals surface area (Å²) in [6.45, 7) is 1.81. The maximum atomic E-state index is 7.32. The van der Waals surface area contributed by atoms with Crippen molar-refractivity contribution in [3.63, 3.8) is 0 Å². The number of anilines is 17. The second-order valence-corrected chi connectivity index (χ2v) is 13.7. The summed E-state index contributed by atoms with van der Waals surface area (Å²) in [5.41, 5.74) is 118. The summed E-state index contributed by atoms with van der Waals surface area (Å²) in [7, 11) is 0. The number of benzene rings is 7. The number of nitrogens with two attached hydrogens (primary N) is 17. The number of fused-ring (bicyclic) bond motifs is 10. The summed E-state index contributed by atoms with van der Waals surface area (Å²) >= 11 is 0. The van der Waals surface area contributed by atoms with Crippen molar-refractivity contribution in [2.45, 2.75) is 6.92 Å². The fourth-order valence-electron chi connectivity index (χ4n) is 8.92. The van der Waals surface area contributed by atoms with Gasteiger partial charge in [-0.1, -0.05) is 0 Å². The third-order valence-electron chi connectivity index (χ3n) is 11.4. The van der Waals surface area contributed by atoms with Crippen LogP contribution in [0.3, 0.4) is 0 Å². The molecule has 0 unspecified atom stereocenters. The smallest absolute Gasteiger partial charge is 0.0810 e. The third kappa shape index (κ3) is 2.79. The molecule has 0 radical (unpaired) electrons. The minimum absolute atomic E-state index is 0.0686. The van der Waals surface area contributed by atoms with Crippen molar-refractivity contribution in [2.24, 2.45) is 0 Å². The van der Waals surface area contributed by atoms with Crippen LogP contribution >= 0.6 is 0 Å². The van der Waals surface area contributed by atoms with Gasteiger partial charge in [-0.25, -0.2) is 0 Å². The molecule has 0 bridgehead atoms. The van der Waals surface area contributed by atoms with E-state index in [2.05, 4.69) is 0 Å². The van der Waals surface area contributed by atoms with E-state index in [1.807, 2.05) is 6.92 Å². The van der Waals surface area contributed by atoms with Crippen LogP contribution in [0.15, 0.2) is 0 Å². The number of hydrogen-bond donors (Lipinski definition) is 17. The van der Waals surface area contributed by atoms with Crippen molar-refractivity contribution in [3.8, 4) is 0 Å². The van der Waals surface area contributed by atoms with Crippen LogP contribution in [0.1, 0.15) is 5.56 Å². The van der Waals surface area contributed by atoms with E-state index in [1.54, 1.807) is 0 Å². The van der Waals surface area contributed by atoms with Gasteiger partial charge >= 0.3 is 0 Å². The van der Waals surface area contributed by atoms with Gasteiger partial charge in [0.2, 0.25) is 0 Å². The van der Waals surface area contributed by atoms with Gasteiger partial charge in [0.1, 0.15) is 0 Å². The van der Waals surface area contributed by atoms with Gasteiger partial charge in [0.15, 0.2) is 0 Å². The number of hydrogen-bond acceptors (Lipinski definition) is 17. The zero-order valence-electron chi connectivity index (χ0n) is 27.8. The first kappa shape index (κ1) is 30.3. The second-order valence-electron chi connectivity index (χ2n) is 13.7. The largest absolute Gasteiger partial charge is 0.398 e. The molecule has 0 aliphatic rings. The lowest BCUT2D eigenvalue weighted by Gasteiger charge is -2.20. The molecular formula is C35H37N17. The van der Waals surface area contributed by atoms with Gasteiger partial charge in [-0.05, 0) is 17.9 Å². The summed E-state index contributed by atoms with van der Waals surface area (Å²) in [5, 5.41) is 7.08. The molecule has 0 saturated heterocycles. The Bertz CT molecular complexity index is 3260. The Hall–Kier alpha value is -7.82. The van der Waals surface area contributed by atoms with Crippen LogP contribution in [0.4, 0.5) is 96.7 Å². The lowest BCUT2D eigenvalue weighted by Crippen LogP contribution is -2.08. The summed E-state index contributed by atoms with van der Waals surface area (Å²) < 4.78 is 0. The first-order valence-electron chi connectivity index (χ1n) is 15.9. The van der Waals surface area contributed by atoms with Crippen LogP contribution in [-0.4, -0.2) is 0 Å². The van der Waals surface area contributed by atoms with Crippen LogP contribution in [-0.2, 0) is 0 Å². The molecule has 0 aromatic heterocycles. The summed E-state index contributed by atoms with van der Waals surface area (Å²) in [4.78, 5) is 0. The van der Waals surface area contributed by atoms with Crippen molar-refractivity contribution in [1.82, 2.24) is 0 Å². The molecule has 9 rings (SSSR count). The van der Waals surface area contributed by atoms with Crippen molar-refractivity contribution in [2.75, 3.05) is 97.5 Å². The van der Waals surface area contributed by atoms with E-state index < -0.39 is 0 Å². The lowest BCUT2D eigenvalue weighted by atomic mass is 9.89. The monoisotopic (exact) mass is 695 g/mol. The molecule has 9 aromatic carbocycles. The van der Waals surface area contributed by atoms with Gasteiger partial charge in [-0.2, -0.15) is 0 Å². The topological polar surface area (TPSA) is 442 Å². The van der Waals surface area contributed by atoms with Gasteiger partial charge in [0.25, 0.3) is 0 Å². The summed E-state index contributed by atoms with van der Waals surface area (Å²) in [6.07, 6.45) is 0. The predicted molar refractivity (Wildman–Crippen MR) is 229 cm³/mol.